The van der Waals surface area contributed by atoms with E-state index in [2.05, 4.69) is 51.4 Å². The smallest absolute Gasteiger partial charge is 0.399 e. The molecule has 0 atom stereocenters. The van der Waals surface area contributed by atoms with E-state index in [0.29, 0.717) is 6.04 Å². The number of pyridine rings is 1. The number of nitrogens with zero attached hydrogens (tertiary/aromatic N) is 2. The van der Waals surface area contributed by atoms with Gasteiger partial charge >= 0.3 is 7.12 Å². The van der Waals surface area contributed by atoms with Crippen molar-refractivity contribution in [2.75, 3.05) is 11.9 Å². The Morgan fingerprint density at radius 3 is 2.20 bits per heavy atom. The van der Waals surface area contributed by atoms with Crippen LogP contribution in [0.25, 0.3) is 0 Å². The Kier molecular flexibility index (Phi) is 3.86. The van der Waals surface area contributed by atoms with E-state index < -0.39 is 0 Å². The second kappa shape index (κ2) is 5.04. The molecule has 1 saturated heterocycles. The second-order valence-corrected chi connectivity index (χ2v) is 6.74. The minimum absolute atomic E-state index is 0.314. The SMILES string of the molecule is CC(C)N(C)c1cc(B2OC(C)(C)C(C)(C)O2)ccn1. The van der Waals surface area contributed by atoms with Crippen LogP contribution in [0.2, 0.25) is 0 Å². The summed E-state index contributed by atoms with van der Waals surface area (Å²) in [5.41, 5.74) is 0.386. The minimum Gasteiger partial charge on any atom is -0.399 e. The summed E-state index contributed by atoms with van der Waals surface area (Å²) in [6.45, 7) is 12.5. The zero-order valence-electron chi connectivity index (χ0n) is 13.6. The maximum Gasteiger partial charge on any atom is 0.495 e. The largest absolute Gasteiger partial charge is 0.495 e. The first-order valence-corrected chi connectivity index (χ1v) is 7.18. The Labute approximate surface area is 122 Å². The normalized spacial score (nSPS) is 20.5. The molecule has 0 spiro atoms. The third kappa shape index (κ3) is 2.70. The van der Waals surface area contributed by atoms with E-state index in [1.165, 1.54) is 0 Å². The van der Waals surface area contributed by atoms with Gasteiger partial charge in [-0.1, -0.05) is 0 Å². The Morgan fingerprint density at radius 2 is 1.70 bits per heavy atom. The molecular weight excluding hydrogens is 251 g/mol. The third-order valence-corrected chi connectivity index (χ3v) is 4.43. The van der Waals surface area contributed by atoms with Gasteiger partial charge in [0.15, 0.2) is 0 Å². The molecule has 2 rings (SSSR count). The van der Waals surface area contributed by atoms with Gasteiger partial charge in [0.05, 0.1) is 11.2 Å². The van der Waals surface area contributed by atoms with E-state index in [0.717, 1.165) is 11.3 Å². The van der Waals surface area contributed by atoms with Gasteiger partial charge < -0.3 is 14.2 Å². The second-order valence-electron chi connectivity index (χ2n) is 6.74. The van der Waals surface area contributed by atoms with Crippen LogP contribution in [-0.2, 0) is 9.31 Å². The number of rotatable bonds is 3. The lowest BCUT2D eigenvalue weighted by molar-refractivity contribution is 0.00578. The fraction of sp³-hybridized carbons (Fsp3) is 0.667. The van der Waals surface area contributed by atoms with Gasteiger partial charge in [0.2, 0.25) is 0 Å². The minimum atomic E-state index is -0.331. The first-order valence-electron chi connectivity index (χ1n) is 7.18. The zero-order valence-corrected chi connectivity index (χ0v) is 13.6. The summed E-state index contributed by atoms with van der Waals surface area (Å²) in [6.07, 6.45) is 1.81. The van der Waals surface area contributed by atoms with Crippen molar-refractivity contribution in [2.24, 2.45) is 0 Å². The standard InChI is InChI=1S/C15H25BN2O2/c1-11(2)18(7)13-10-12(8-9-17-13)16-19-14(3,4)15(5,6)20-16/h8-11H,1-7H3. The van der Waals surface area contributed by atoms with Crippen molar-refractivity contribution in [3.63, 3.8) is 0 Å². The molecule has 0 aliphatic carbocycles. The molecule has 0 unspecified atom stereocenters. The van der Waals surface area contributed by atoms with Crippen LogP contribution in [0, 0.1) is 0 Å². The maximum absolute atomic E-state index is 6.08. The Bertz CT molecular complexity index is 473. The van der Waals surface area contributed by atoms with Crippen LogP contribution in [0.4, 0.5) is 5.82 Å². The van der Waals surface area contributed by atoms with Crippen molar-refractivity contribution >= 4 is 18.4 Å². The van der Waals surface area contributed by atoms with Crippen molar-refractivity contribution in [1.29, 1.82) is 0 Å². The van der Waals surface area contributed by atoms with Crippen LogP contribution in [0.1, 0.15) is 41.5 Å². The van der Waals surface area contributed by atoms with E-state index in [1.54, 1.807) is 0 Å². The number of aromatic nitrogens is 1. The van der Waals surface area contributed by atoms with Gasteiger partial charge in [-0.25, -0.2) is 4.98 Å². The quantitative estimate of drug-likeness (QED) is 0.793. The van der Waals surface area contributed by atoms with Gasteiger partial charge in [0, 0.05) is 19.3 Å². The molecule has 0 bridgehead atoms. The monoisotopic (exact) mass is 276 g/mol. The predicted molar refractivity (Wildman–Crippen MR) is 83.5 cm³/mol. The molecule has 1 fully saturated rings. The highest BCUT2D eigenvalue weighted by Crippen LogP contribution is 2.36. The molecule has 5 heteroatoms. The topological polar surface area (TPSA) is 34.6 Å². The molecule has 0 radical (unpaired) electrons. The highest BCUT2D eigenvalue weighted by Gasteiger charge is 2.51. The number of hydrogen-bond donors (Lipinski definition) is 0. The predicted octanol–water partition coefficient (Wildman–Crippen LogP) is 2.23. The Morgan fingerprint density at radius 1 is 1.15 bits per heavy atom. The average molecular weight is 276 g/mol. The van der Waals surface area contributed by atoms with E-state index in [1.807, 2.05) is 25.4 Å². The van der Waals surface area contributed by atoms with E-state index in [9.17, 15) is 0 Å². The van der Waals surface area contributed by atoms with Gasteiger partial charge in [-0.2, -0.15) is 0 Å². The van der Waals surface area contributed by atoms with Crippen LogP contribution < -0.4 is 10.4 Å². The molecule has 0 N–H and O–H groups in total. The summed E-state index contributed by atoms with van der Waals surface area (Å²) in [6, 6.07) is 4.40. The molecule has 2 heterocycles. The molecule has 1 aromatic rings. The van der Waals surface area contributed by atoms with Crippen LogP contribution in [0.5, 0.6) is 0 Å². The summed E-state index contributed by atoms with van der Waals surface area (Å²) in [5, 5.41) is 0. The Hall–Kier alpha value is -1.07. The molecule has 1 aliphatic heterocycles. The third-order valence-electron chi connectivity index (χ3n) is 4.43. The molecular formula is C15H25BN2O2. The van der Waals surface area contributed by atoms with E-state index in [-0.39, 0.29) is 18.3 Å². The lowest BCUT2D eigenvalue weighted by Gasteiger charge is -2.32. The van der Waals surface area contributed by atoms with Crippen molar-refractivity contribution in [1.82, 2.24) is 4.98 Å². The van der Waals surface area contributed by atoms with Gasteiger partial charge in [-0.3, -0.25) is 0 Å². The van der Waals surface area contributed by atoms with Crippen LogP contribution in [-0.4, -0.2) is 36.4 Å². The lowest BCUT2D eigenvalue weighted by Crippen LogP contribution is -2.41. The summed E-state index contributed by atoms with van der Waals surface area (Å²) >= 11 is 0. The maximum atomic E-state index is 6.08. The van der Waals surface area contributed by atoms with Gasteiger partial charge in [0.25, 0.3) is 0 Å². The molecule has 0 amide bonds. The van der Waals surface area contributed by atoms with Crippen molar-refractivity contribution in [2.45, 2.75) is 58.8 Å². The summed E-state index contributed by atoms with van der Waals surface area (Å²) < 4.78 is 12.2. The zero-order chi connectivity index (χ0) is 15.1. The van der Waals surface area contributed by atoms with Crippen molar-refractivity contribution < 1.29 is 9.31 Å². The summed E-state index contributed by atoms with van der Waals surface area (Å²) in [5.74, 6) is 0.937. The Balaban J connectivity index is 2.25. The number of anilines is 1. The number of hydrogen-bond acceptors (Lipinski definition) is 4. The van der Waals surface area contributed by atoms with Crippen molar-refractivity contribution in [3.05, 3.63) is 18.3 Å². The fourth-order valence-electron chi connectivity index (χ4n) is 2.02. The summed E-state index contributed by atoms with van der Waals surface area (Å²) in [4.78, 5) is 6.55. The molecule has 110 valence electrons. The molecule has 1 aliphatic rings. The molecule has 20 heavy (non-hydrogen) atoms. The van der Waals surface area contributed by atoms with Gasteiger partial charge in [-0.05, 0) is 59.1 Å². The molecule has 1 aromatic heterocycles. The van der Waals surface area contributed by atoms with Gasteiger partial charge in [0.1, 0.15) is 5.82 Å². The van der Waals surface area contributed by atoms with E-state index in [4.69, 9.17) is 9.31 Å². The van der Waals surface area contributed by atoms with Gasteiger partial charge in [-0.15, -0.1) is 0 Å². The fourth-order valence-corrected chi connectivity index (χ4v) is 2.02. The molecule has 4 nitrogen and oxygen atoms in total. The van der Waals surface area contributed by atoms with E-state index >= 15 is 0 Å². The van der Waals surface area contributed by atoms with Crippen LogP contribution >= 0.6 is 0 Å². The highest BCUT2D eigenvalue weighted by molar-refractivity contribution is 6.62. The van der Waals surface area contributed by atoms with Crippen LogP contribution in [0.3, 0.4) is 0 Å². The first-order chi connectivity index (χ1) is 9.14. The van der Waals surface area contributed by atoms with Crippen LogP contribution in [0.15, 0.2) is 18.3 Å². The molecule has 0 saturated carbocycles. The molecule has 0 aromatic carbocycles. The summed E-state index contributed by atoms with van der Waals surface area (Å²) in [7, 11) is 1.71. The average Bonchev–Trinajstić information content (AvgIpc) is 2.57. The van der Waals surface area contributed by atoms with Crippen molar-refractivity contribution in [3.8, 4) is 0 Å². The lowest BCUT2D eigenvalue weighted by atomic mass is 9.79. The highest BCUT2D eigenvalue weighted by atomic mass is 16.7. The first kappa shape index (κ1) is 15.3.